The lowest BCUT2D eigenvalue weighted by atomic mass is 10.0. The second-order valence-electron chi connectivity index (χ2n) is 4.58. The van der Waals surface area contributed by atoms with Crippen LogP contribution in [0.5, 0.6) is 0 Å². The number of nitrogens with zero attached hydrogens (tertiary/aromatic N) is 2. The van der Waals surface area contributed by atoms with E-state index in [2.05, 4.69) is 56.3 Å². The summed E-state index contributed by atoms with van der Waals surface area (Å²) < 4.78 is 0. The van der Waals surface area contributed by atoms with Crippen molar-refractivity contribution in [3.8, 4) is 0 Å². The van der Waals surface area contributed by atoms with Crippen LogP contribution >= 0.6 is 0 Å². The van der Waals surface area contributed by atoms with Gasteiger partial charge in [0.2, 0.25) is 0 Å². The molecule has 1 aromatic rings. The summed E-state index contributed by atoms with van der Waals surface area (Å²) >= 11 is 0. The fourth-order valence-electron chi connectivity index (χ4n) is 2.48. The maximum atomic E-state index is 3.42. The highest BCUT2D eigenvalue weighted by molar-refractivity contribution is 5.61. The summed E-state index contributed by atoms with van der Waals surface area (Å²) in [5.41, 5.74) is 5.37. The van der Waals surface area contributed by atoms with Crippen LogP contribution in [0.15, 0.2) is 12.1 Å². The van der Waals surface area contributed by atoms with E-state index in [-0.39, 0.29) is 0 Å². The SMILES string of the molecule is CCN1[C]N(c2c(C)cc(C)cc2C)CC1. The molecule has 1 heterocycles. The zero-order chi connectivity index (χ0) is 11.7. The second kappa shape index (κ2) is 4.46. The molecule has 0 aliphatic carbocycles. The first kappa shape index (κ1) is 11.5. The van der Waals surface area contributed by atoms with Crippen molar-refractivity contribution >= 4 is 5.69 Å². The van der Waals surface area contributed by atoms with Crippen LogP contribution in [-0.2, 0) is 0 Å². The first-order valence-corrected chi connectivity index (χ1v) is 5.98. The molecule has 1 aliphatic heterocycles. The van der Waals surface area contributed by atoms with Crippen molar-refractivity contribution in [2.45, 2.75) is 27.7 Å². The van der Waals surface area contributed by atoms with Crippen molar-refractivity contribution in [3.63, 3.8) is 0 Å². The molecule has 2 rings (SSSR count). The molecule has 0 amide bonds. The molecule has 2 heteroatoms. The van der Waals surface area contributed by atoms with Crippen molar-refractivity contribution in [2.75, 3.05) is 24.5 Å². The van der Waals surface area contributed by atoms with Crippen molar-refractivity contribution in [2.24, 2.45) is 0 Å². The molecule has 2 nitrogen and oxygen atoms in total. The Hall–Kier alpha value is -1.02. The van der Waals surface area contributed by atoms with Gasteiger partial charge in [-0.15, -0.1) is 0 Å². The van der Waals surface area contributed by atoms with Crippen molar-refractivity contribution in [3.05, 3.63) is 35.5 Å². The third-order valence-corrected chi connectivity index (χ3v) is 3.14. The smallest absolute Gasteiger partial charge is 0.177 e. The van der Waals surface area contributed by atoms with Crippen molar-refractivity contribution in [1.29, 1.82) is 0 Å². The summed E-state index contributed by atoms with van der Waals surface area (Å²) in [6.45, 7) is 15.3. The maximum Gasteiger partial charge on any atom is 0.177 e. The normalized spacial score (nSPS) is 17.1. The van der Waals surface area contributed by atoms with E-state index in [0.717, 1.165) is 19.6 Å². The van der Waals surface area contributed by atoms with Crippen LogP contribution in [0.25, 0.3) is 0 Å². The predicted molar refractivity (Wildman–Crippen MR) is 68.5 cm³/mol. The van der Waals surface area contributed by atoms with Gasteiger partial charge < -0.3 is 4.90 Å². The number of aryl methyl sites for hydroxylation is 3. The standard InChI is InChI=1S/C14H20N2/c1-5-15-6-7-16(10-15)14-12(3)8-11(2)9-13(14)4/h8-9H,5-7H2,1-4H3. The lowest BCUT2D eigenvalue weighted by Gasteiger charge is -2.22. The van der Waals surface area contributed by atoms with Gasteiger partial charge in [-0.2, -0.15) is 0 Å². The van der Waals surface area contributed by atoms with E-state index < -0.39 is 0 Å². The summed E-state index contributed by atoms with van der Waals surface area (Å²) in [6.07, 6.45) is 0. The summed E-state index contributed by atoms with van der Waals surface area (Å²) in [6, 6.07) is 4.50. The maximum absolute atomic E-state index is 3.42. The van der Waals surface area contributed by atoms with E-state index in [9.17, 15) is 0 Å². The Morgan fingerprint density at radius 1 is 1.12 bits per heavy atom. The Labute approximate surface area is 98.9 Å². The topological polar surface area (TPSA) is 6.48 Å². The van der Waals surface area contributed by atoms with E-state index in [1.54, 1.807) is 0 Å². The average molecular weight is 216 g/mol. The highest BCUT2D eigenvalue weighted by Gasteiger charge is 2.23. The minimum Gasteiger partial charge on any atom is -0.345 e. The fourth-order valence-corrected chi connectivity index (χ4v) is 2.48. The van der Waals surface area contributed by atoms with E-state index in [1.165, 1.54) is 22.4 Å². The molecule has 16 heavy (non-hydrogen) atoms. The number of likely N-dealkylation sites (N-methyl/N-ethyl adjacent to an activating group) is 1. The minimum absolute atomic E-state index is 1.04. The first-order chi connectivity index (χ1) is 7.61. The average Bonchev–Trinajstić information content (AvgIpc) is 2.64. The lowest BCUT2D eigenvalue weighted by Crippen LogP contribution is -2.20. The van der Waals surface area contributed by atoms with Crippen LogP contribution in [0.3, 0.4) is 0 Å². The van der Waals surface area contributed by atoms with Gasteiger partial charge in [-0.3, -0.25) is 4.90 Å². The van der Waals surface area contributed by atoms with Crippen LogP contribution in [-0.4, -0.2) is 24.5 Å². The molecule has 86 valence electrons. The number of hydrogen-bond donors (Lipinski definition) is 0. The summed E-state index contributed by atoms with van der Waals surface area (Å²) in [4.78, 5) is 4.49. The molecule has 0 N–H and O–H groups in total. The van der Waals surface area contributed by atoms with Crippen LogP contribution < -0.4 is 4.90 Å². The molecule has 1 fully saturated rings. The monoisotopic (exact) mass is 216 g/mol. The van der Waals surface area contributed by atoms with Crippen LogP contribution in [0, 0.1) is 27.4 Å². The summed E-state index contributed by atoms with van der Waals surface area (Å²) in [5, 5.41) is 0. The Bertz CT molecular complexity index is 361. The van der Waals surface area contributed by atoms with Crippen LogP contribution in [0.2, 0.25) is 0 Å². The molecule has 0 unspecified atom stereocenters. The van der Waals surface area contributed by atoms with Gasteiger partial charge in [0, 0.05) is 18.8 Å². The largest absolute Gasteiger partial charge is 0.345 e. The molecule has 0 aromatic heterocycles. The molecule has 0 atom stereocenters. The van der Waals surface area contributed by atoms with E-state index >= 15 is 0 Å². The van der Waals surface area contributed by atoms with Gasteiger partial charge in [0.25, 0.3) is 0 Å². The summed E-state index contributed by atoms with van der Waals surface area (Å²) in [7, 11) is 0. The van der Waals surface area contributed by atoms with Gasteiger partial charge in [-0.25, -0.2) is 0 Å². The Kier molecular flexibility index (Phi) is 3.20. The van der Waals surface area contributed by atoms with E-state index in [0.29, 0.717) is 0 Å². The first-order valence-electron chi connectivity index (χ1n) is 5.98. The quantitative estimate of drug-likeness (QED) is 0.750. The molecule has 1 saturated heterocycles. The van der Waals surface area contributed by atoms with Gasteiger partial charge in [0.05, 0.1) is 0 Å². The fraction of sp³-hybridized carbons (Fsp3) is 0.500. The molecule has 2 radical (unpaired) electrons. The van der Waals surface area contributed by atoms with E-state index in [1.807, 2.05) is 0 Å². The predicted octanol–water partition coefficient (Wildman–Crippen LogP) is 2.75. The van der Waals surface area contributed by atoms with Gasteiger partial charge >= 0.3 is 0 Å². The molecule has 0 spiro atoms. The number of rotatable bonds is 2. The molecular formula is C14H20N2. The molecule has 0 saturated carbocycles. The zero-order valence-corrected chi connectivity index (χ0v) is 10.7. The zero-order valence-electron chi connectivity index (χ0n) is 10.7. The van der Waals surface area contributed by atoms with Gasteiger partial charge in [-0.05, 0) is 38.4 Å². The molecular weight excluding hydrogens is 196 g/mol. The van der Waals surface area contributed by atoms with Gasteiger partial charge in [0.1, 0.15) is 0 Å². The molecule has 1 aromatic carbocycles. The highest BCUT2D eigenvalue weighted by Crippen LogP contribution is 2.29. The van der Waals surface area contributed by atoms with Gasteiger partial charge in [-0.1, -0.05) is 24.6 Å². The number of benzene rings is 1. The summed E-state index contributed by atoms with van der Waals surface area (Å²) in [5.74, 6) is 0. The van der Waals surface area contributed by atoms with Crippen molar-refractivity contribution < 1.29 is 0 Å². The third-order valence-electron chi connectivity index (χ3n) is 3.14. The number of anilines is 1. The Balaban J connectivity index is 2.28. The molecule has 0 bridgehead atoms. The second-order valence-corrected chi connectivity index (χ2v) is 4.58. The van der Waals surface area contributed by atoms with Crippen LogP contribution in [0.1, 0.15) is 23.6 Å². The molecule has 1 aliphatic rings. The lowest BCUT2D eigenvalue weighted by molar-refractivity contribution is 0.413. The van der Waals surface area contributed by atoms with Gasteiger partial charge in [0.15, 0.2) is 6.67 Å². The van der Waals surface area contributed by atoms with Crippen LogP contribution in [0.4, 0.5) is 5.69 Å². The Morgan fingerprint density at radius 2 is 1.75 bits per heavy atom. The Morgan fingerprint density at radius 3 is 2.25 bits per heavy atom. The van der Waals surface area contributed by atoms with E-state index in [4.69, 9.17) is 0 Å². The van der Waals surface area contributed by atoms with Crippen molar-refractivity contribution in [1.82, 2.24) is 4.90 Å². The minimum atomic E-state index is 1.04. The highest BCUT2D eigenvalue weighted by atomic mass is 15.4. The third kappa shape index (κ3) is 2.07. The number of hydrogen-bond acceptors (Lipinski definition) is 2.